The van der Waals surface area contributed by atoms with Gasteiger partial charge in [0.15, 0.2) is 0 Å². The van der Waals surface area contributed by atoms with E-state index in [-0.39, 0.29) is 17.9 Å². The average Bonchev–Trinajstić information content (AvgIpc) is 3.01. The van der Waals surface area contributed by atoms with E-state index in [2.05, 4.69) is 11.9 Å². The van der Waals surface area contributed by atoms with Crippen molar-refractivity contribution >= 4 is 28.4 Å². The zero-order valence-corrected chi connectivity index (χ0v) is 17.7. The van der Waals surface area contributed by atoms with Gasteiger partial charge in [0.05, 0.1) is 6.61 Å². The van der Waals surface area contributed by atoms with Crippen molar-refractivity contribution in [3.63, 3.8) is 0 Å². The van der Waals surface area contributed by atoms with Crippen molar-refractivity contribution in [2.45, 2.75) is 33.1 Å². The molecule has 3 aromatic rings. The van der Waals surface area contributed by atoms with E-state index in [1.807, 2.05) is 54.3 Å². The molecule has 2 N–H and O–H groups in total. The number of aromatic amines is 1. The fourth-order valence-corrected chi connectivity index (χ4v) is 4.78. The third-order valence-electron chi connectivity index (χ3n) is 6.31. The predicted molar refractivity (Wildman–Crippen MR) is 118 cm³/mol. The number of hydrogen-bond acceptors (Lipinski definition) is 2. The molecule has 1 aliphatic heterocycles. The van der Waals surface area contributed by atoms with Crippen LogP contribution in [0.2, 0.25) is 5.02 Å². The van der Waals surface area contributed by atoms with Crippen LogP contribution in [0.15, 0.2) is 42.5 Å². The van der Waals surface area contributed by atoms with Gasteiger partial charge in [-0.05, 0) is 74.6 Å². The third-order valence-corrected chi connectivity index (χ3v) is 6.54. The van der Waals surface area contributed by atoms with Gasteiger partial charge >= 0.3 is 0 Å². The highest BCUT2D eigenvalue weighted by Crippen LogP contribution is 2.35. The molecular formula is C24H27ClN2O2. The van der Waals surface area contributed by atoms with Crippen molar-refractivity contribution in [3.8, 4) is 0 Å². The number of aliphatic hydroxyl groups is 1. The lowest BCUT2D eigenvalue weighted by Gasteiger charge is -2.42. The van der Waals surface area contributed by atoms with Crippen molar-refractivity contribution in [1.29, 1.82) is 0 Å². The number of nitrogens with one attached hydrogen (secondary N) is 1. The van der Waals surface area contributed by atoms with Crippen LogP contribution >= 0.6 is 11.6 Å². The average molecular weight is 411 g/mol. The van der Waals surface area contributed by atoms with E-state index in [4.69, 9.17) is 11.6 Å². The quantitative estimate of drug-likeness (QED) is 0.643. The number of aromatic nitrogens is 1. The maximum absolute atomic E-state index is 13.3. The Balaban J connectivity index is 1.58. The Morgan fingerprint density at radius 2 is 2.07 bits per heavy atom. The van der Waals surface area contributed by atoms with E-state index < -0.39 is 0 Å². The standard InChI is InChI=1S/C24H27ClN2O2/c1-16-17(2)26-22-8-7-19(12-21(16)22)23(29)27-10-4-9-24(14-27,15-28)13-18-5-3-6-20(25)11-18/h3,5-8,11-12,26,28H,4,9-10,13-15H2,1-2H3/t24-/m0/s1. The molecule has 0 aliphatic carbocycles. The lowest BCUT2D eigenvalue weighted by Crippen LogP contribution is -2.49. The number of piperidine rings is 1. The summed E-state index contributed by atoms with van der Waals surface area (Å²) in [5.41, 5.74) is 4.84. The first-order chi connectivity index (χ1) is 13.9. The third kappa shape index (κ3) is 3.92. The minimum atomic E-state index is -0.330. The summed E-state index contributed by atoms with van der Waals surface area (Å²) in [5.74, 6) is 0.0359. The Kier molecular flexibility index (Phi) is 5.41. The molecule has 1 amide bonds. The summed E-state index contributed by atoms with van der Waals surface area (Å²) in [6.45, 7) is 5.45. The summed E-state index contributed by atoms with van der Waals surface area (Å²) >= 11 is 6.14. The van der Waals surface area contributed by atoms with Crippen LogP contribution < -0.4 is 0 Å². The van der Waals surface area contributed by atoms with Crippen molar-refractivity contribution in [1.82, 2.24) is 9.88 Å². The number of fused-ring (bicyclic) bond motifs is 1. The van der Waals surface area contributed by atoms with Crippen LogP contribution in [0, 0.1) is 19.3 Å². The molecule has 1 saturated heterocycles. The zero-order valence-electron chi connectivity index (χ0n) is 17.0. The summed E-state index contributed by atoms with van der Waals surface area (Å²) < 4.78 is 0. The molecule has 5 heteroatoms. The maximum atomic E-state index is 13.3. The Labute approximate surface area is 176 Å². The first-order valence-corrected chi connectivity index (χ1v) is 10.5. The number of aryl methyl sites for hydroxylation is 2. The molecule has 4 rings (SSSR count). The fraction of sp³-hybridized carbons (Fsp3) is 0.375. The number of benzene rings is 2. The number of carbonyl (C=O) groups excluding carboxylic acids is 1. The minimum Gasteiger partial charge on any atom is -0.396 e. The van der Waals surface area contributed by atoms with Gasteiger partial charge in [-0.3, -0.25) is 4.79 Å². The number of carbonyl (C=O) groups is 1. The Morgan fingerprint density at radius 1 is 1.24 bits per heavy atom. The molecule has 0 unspecified atom stereocenters. The molecule has 2 heterocycles. The van der Waals surface area contributed by atoms with Crippen LogP contribution in [-0.2, 0) is 6.42 Å². The van der Waals surface area contributed by atoms with Gasteiger partial charge in [-0.25, -0.2) is 0 Å². The van der Waals surface area contributed by atoms with Crippen LogP contribution in [0.5, 0.6) is 0 Å². The van der Waals surface area contributed by atoms with Crippen molar-refractivity contribution < 1.29 is 9.90 Å². The fourth-order valence-electron chi connectivity index (χ4n) is 4.57. The second-order valence-electron chi connectivity index (χ2n) is 8.43. The number of amides is 1. The van der Waals surface area contributed by atoms with Crippen LogP contribution in [-0.4, -0.2) is 40.6 Å². The highest BCUT2D eigenvalue weighted by Gasteiger charge is 2.37. The minimum absolute atomic E-state index is 0.0359. The summed E-state index contributed by atoms with van der Waals surface area (Å²) in [6.07, 6.45) is 2.50. The van der Waals surface area contributed by atoms with Crippen LogP contribution in [0.1, 0.15) is 40.0 Å². The summed E-state index contributed by atoms with van der Waals surface area (Å²) in [5, 5.41) is 12.0. The van der Waals surface area contributed by atoms with E-state index in [1.165, 1.54) is 5.56 Å². The topological polar surface area (TPSA) is 56.3 Å². The molecule has 1 aromatic heterocycles. The highest BCUT2D eigenvalue weighted by atomic mass is 35.5. The van der Waals surface area contributed by atoms with Crippen LogP contribution in [0.3, 0.4) is 0 Å². The van der Waals surface area contributed by atoms with Gasteiger partial charge in [0.2, 0.25) is 0 Å². The molecule has 152 valence electrons. The number of H-pyrrole nitrogens is 1. The Morgan fingerprint density at radius 3 is 2.83 bits per heavy atom. The van der Waals surface area contributed by atoms with Gasteiger partial charge in [0, 0.05) is 45.7 Å². The molecule has 4 nitrogen and oxygen atoms in total. The summed E-state index contributed by atoms with van der Waals surface area (Å²) in [6, 6.07) is 13.6. The zero-order chi connectivity index (χ0) is 20.6. The smallest absolute Gasteiger partial charge is 0.253 e. The van der Waals surface area contributed by atoms with Crippen LogP contribution in [0.25, 0.3) is 10.9 Å². The lowest BCUT2D eigenvalue weighted by atomic mass is 9.75. The molecule has 0 saturated carbocycles. The Bertz CT molecular complexity index is 1060. The number of nitrogens with zero attached hydrogens (tertiary/aromatic N) is 1. The normalized spacial score (nSPS) is 19.7. The molecular weight excluding hydrogens is 384 g/mol. The van der Waals surface area contributed by atoms with Gasteiger partial charge in [-0.15, -0.1) is 0 Å². The van der Waals surface area contributed by atoms with Gasteiger partial charge in [0.25, 0.3) is 5.91 Å². The number of aliphatic hydroxyl groups excluding tert-OH is 1. The molecule has 29 heavy (non-hydrogen) atoms. The largest absolute Gasteiger partial charge is 0.396 e. The summed E-state index contributed by atoms with van der Waals surface area (Å²) in [7, 11) is 0. The molecule has 0 bridgehead atoms. The number of hydrogen-bond donors (Lipinski definition) is 2. The van der Waals surface area contributed by atoms with E-state index in [0.29, 0.717) is 23.6 Å². The van der Waals surface area contributed by atoms with Crippen molar-refractivity contribution in [3.05, 3.63) is 69.9 Å². The van der Waals surface area contributed by atoms with E-state index in [1.54, 1.807) is 0 Å². The molecule has 2 aromatic carbocycles. The van der Waals surface area contributed by atoms with E-state index >= 15 is 0 Å². The monoisotopic (exact) mass is 410 g/mol. The first-order valence-electron chi connectivity index (χ1n) is 10.1. The molecule has 1 fully saturated rings. The molecule has 0 spiro atoms. The number of rotatable bonds is 4. The molecule has 0 radical (unpaired) electrons. The van der Waals surface area contributed by atoms with Gasteiger partial charge < -0.3 is 15.0 Å². The second kappa shape index (κ2) is 7.85. The first kappa shape index (κ1) is 20.0. The number of likely N-dealkylation sites (tertiary alicyclic amines) is 1. The van der Waals surface area contributed by atoms with E-state index in [9.17, 15) is 9.90 Å². The SMILES string of the molecule is Cc1[nH]c2ccc(C(=O)N3CCC[C@](CO)(Cc4cccc(Cl)c4)C3)cc2c1C. The molecule has 1 aliphatic rings. The summed E-state index contributed by atoms with van der Waals surface area (Å²) in [4.78, 5) is 18.5. The van der Waals surface area contributed by atoms with Crippen molar-refractivity contribution in [2.75, 3.05) is 19.7 Å². The lowest BCUT2D eigenvalue weighted by molar-refractivity contribution is 0.0272. The molecule has 1 atom stereocenters. The van der Waals surface area contributed by atoms with E-state index in [0.717, 1.165) is 41.5 Å². The Hall–Kier alpha value is -2.30. The van der Waals surface area contributed by atoms with Crippen LogP contribution in [0.4, 0.5) is 0 Å². The van der Waals surface area contributed by atoms with Crippen molar-refractivity contribution in [2.24, 2.45) is 5.41 Å². The number of halogens is 1. The van der Waals surface area contributed by atoms with Gasteiger partial charge in [-0.2, -0.15) is 0 Å². The highest BCUT2D eigenvalue weighted by molar-refractivity contribution is 6.30. The predicted octanol–water partition coefficient (Wildman–Crippen LogP) is 4.90. The maximum Gasteiger partial charge on any atom is 0.253 e. The van der Waals surface area contributed by atoms with Gasteiger partial charge in [0.1, 0.15) is 0 Å². The second-order valence-corrected chi connectivity index (χ2v) is 8.87. The van der Waals surface area contributed by atoms with Gasteiger partial charge in [-0.1, -0.05) is 23.7 Å².